The molecule has 0 aliphatic carbocycles. The Hall–Kier alpha value is -2.96. The quantitative estimate of drug-likeness (QED) is 0.709. The van der Waals surface area contributed by atoms with Crippen LogP contribution >= 0.6 is 0 Å². The van der Waals surface area contributed by atoms with Crippen LogP contribution in [-0.4, -0.2) is 47.9 Å². The third-order valence-electron chi connectivity index (χ3n) is 4.95. The van der Waals surface area contributed by atoms with Gasteiger partial charge in [-0.2, -0.15) is 5.10 Å². The zero-order valence-corrected chi connectivity index (χ0v) is 14.6. The Balaban J connectivity index is 1.50. The molecular formula is C19H22N6O. The Morgan fingerprint density at radius 1 is 1.15 bits per heavy atom. The van der Waals surface area contributed by atoms with Crippen molar-refractivity contribution in [3.05, 3.63) is 60.9 Å². The average Bonchev–Trinajstić information content (AvgIpc) is 3.40. The van der Waals surface area contributed by atoms with Gasteiger partial charge >= 0.3 is 0 Å². The van der Waals surface area contributed by atoms with Gasteiger partial charge in [0.1, 0.15) is 12.7 Å². The highest BCUT2D eigenvalue weighted by atomic mass is 16.2. The molecule has 3 aromatic rings. The highest BCUT2D eigenvalue weighted by Crippen LogP contribution is 2.23. The summed E-state index contributed by atoms with van der Waals surface area (Å²) in [6, 6.07) is 9.84. The SMILES string of the molecule is O=C(c1cccc(-n2cnnc2)c1)N1CCCC[C@@H]1CCn1cccn1. The van der Waals surface area contributed by atoms with Crippen LogP contribution in [0, 0.1) is 0 Å². The van der Waals surface area contributed by atoms with Gasteiger partial charge in [0.2, 0.25) is 0 Å². The highest BCUT2D eigenvalue weighted by Gasteiger charge is 2.27. The molecule has 2 aromatic heterocycles. The number of piperidine rings is 1. The maximum Gasteiger partial charge on any atom is 0.254 e. The van der Waals surface area contributed by atoms with Gasteiger partial charge in [-0.15, -0.1) is 10.2 Å². The fourth-order valence-electron chi connectivity index (χ4n) is 3.58. The van der Waals surface area contributed by atoms with Gasteiger partial charge in [0.05, 0.1) is 0 Å². The summed E-state index contributed by atoms with van der Waals surface area (Å²) in [6.07, 6.45) is 11.3. The summed E-state index contributed by atoms with van der Waals surface area (Å²) in [6.45, 7) is 1.65. The molecule has 1 fully saturated rings. The van der Waals surface area contributed by atoms with E-state index in [2.05, 4.69) is 15.3 Å². The van der Waals surface area contributed by atoms with Gasteiger partial charge in [-0.05, 0) is 49.9 Å². The van der Waals surface area contributed by atoms with E-state index in [4.69, 9.17) is 0 Å². The van der Waals surface area contributed by atoms with Crippen molar-refractivity contribution in [2.45, 2.75) is 38.3 Å². The lowest BCUT2D eigenvalue weighted by molar-refractivity contribution is 0.0594. The number of nitrogens with zero attached hydrogens (tertiary/aromatic N) is 6. The molecule has 0 radical (unpaired) electrons. The van der Waals surface area contributed by atoms with Crippen molar-refractivity contribution in [1.29, 1.82) is 0 Å². The topological polar surface area (TPSA) is 68.8 Å². The molecule has 134 valence electrons. The summed E-state index contributed by atoms with van der Waals surface area (Å²) in [5.41, 5.74) is 1.60. The molecule has 1 saturated heterocycles. The minimum absolute atomic E-state index is 0.102. The number of aromatic nitrogens is 5. The third-order valence-corrected chi connectivity index (χ3v) is 4.95. The first-order valence-corrected chi connectivity index (χ1v) is 9.05. The van der Waals surface area contributed by atoms with Gasteiger partial charge in [-0.25, -0.2) is 0 Å². The predicted octanol–water partition coefficient (Wildman–Crippen LogP) is 2.55. The van der Waals surface area contributed by atoms with Crippen LogP contribution in [0.15, 0.2) is 55.4 Å². The molecule has 0 saturated carbocycles. The van der Waals surface area contributed by atoms with Crippen molar-refractivity contribution in [3.8, 4) is 5.69 Å². The van der Waals surface area contributed by atoms with Gasteiger partial charge in [-0.3, -0.25) is 14.0 Å². The number of carbonyl (C=O) groups is 1. The van der Waals surface area contributed by atoms with E-state index in [1.54, 1.807) is 18.9 Å². The molecule has 1 aliphatic rings. The molecule has 7 heteroatoms. The molecule has 0 spiro atoms. The normalized spacial score (nSPS) is 17.4. The van der Waals surface area contributed by atoms with Gasteiger partial charge in [0.15, 0.2) is 0 Å². The van der Waals surface area contributed by atoms with Crippen molar-refractivity contribution in [3.63, 3.8) is 0 Å². The Morgan fingerprint density at radius 2 is 2.04 bits per heavy atom. The molecule has 26 heavy (non-hydrogen) atoms. The maximum atomic E-state index is 13.2. The van der Waals surface area contributed by atoms with Gasteiger partial charge < -0.3 is 4.90 Å². The highest BCUT2D eigenvalue weighted by molar-refractivity contribution is 5.95. The second kappa shape index (κ2) is 7.51. The van der Waals surface area contributed by atoms with Crippen molar-refractivity contribution in [2.24, 2.45) is 0 Å². The fourth-order valence-corrected chi connectivity index (χ4v) is 3.58. The van der Waals surface area contributed by atoms with Crippen LogP contribution < -0.4 is 0 Å². The van der Waals surface area contributed by atoms with Crippen LogP contribution in [0.4, 0.5) is 0 Å². The first-order chi connectivity index (χ1) is 12.8. The van der Waals surface area contributed by atoms with Crippen LogP contribution in [0.1, 0.15) is 36.0 Å². The lowest BCUT2D eigenvalue weighted by atomic mass is 9.98. The van der Waals surface area contributed by atoms with E-state index in [0.717, 1.165) is 38.0 Å². The molecule has 0 N–H and O–H groups in total. The summed E-state index contributed by atoms with van der Waals surface area (Å²) in [5, 5.41) is 11.9. The Labute approximate surface area is 152 Å². The first kappa shape index (κ1) is 16.5. The number of amides is 1. The van der Waals surface area contributed by atoms with Gasteiger partial charge in [0.25, 0.3) is 5.91 Å². The lowest BCUT2D eigenvalue weighted by Gasteiger charge is -2.36. The molecular weight excluding hydrogens is 328 g/mol. The standard InChI is InChI=1S/C19H22N6O/c26-19(16-5-3-7-18(13-16)23-14-20-21-15-23)25-11-2-1-6-17(25)8-12-24-10-4-9-22-24/h3-5,7,9-10,13-15,17H,1-2,6,8,11-12H2/t17-/m1/s1. The summed E-state index contributed by atoms with van der Waals surface area (Å²) in [5.74, 6) is 0.102. The number of hydrogen-bond donors (Lipinski definition) is 0. The van der Waals surface area contributed by atoms with Gasteiger partial charge in [-0.1, -0.05) is 6.07 Å². The summed E-state index contributed by atoms with van der Waals surface area (Å²) < 4.78 is 3.74. The number of hydrogen-bond acceptors (Lipinski definition) is 4. The first-order valence-electron chi connectivity index (χ1n) is 9.05. The van der Waals surface area contributed by atoms with Crippen molar-refractivity contribution in [1.82, 2.24) is 29.4 Å². The molecule has 1 atom stereocenters. The van der Waals surface area contributed by atoms with Crippen molar-refractivity contribution >= 4 is 5.91 Å². The molecule has 0 bridgehead atoms. The van der Waals surface area contributed by atoms with Gasteiger partial charge in [0, 0.05) is 42.8 Å². The minimum atomic E-state index is 0.102. The van der Waals surface area contributed by atoms with Crippen LogP contribution in [0.2, 0.25) is 0 Å². The lowest BCUT2D eigenvalue weighted by Crippen LogP contribution is -2.44. The number of benzene rings is 1. The fraction of sp³-hybridized carbons (Fsp3) is 0.368. The smallest absolute Gasteiger partial charge is 0.254 e. The molecule has 1 amide bonds. The van der Waals surface area contributed by atoms with Crippen molar-refractivity contribution in [2.75, 3.05) is 6.54 Å². The summed E-state index contributed by atoms with van der Waals surface area (Å²) in [4.78, 5) is 15.2. The van der Waals surface area contributed by atoms with E-state index in [0.29, 0.717) is 5.56 Å². The second-order valence-electron chi connectivity index (χ2n) is 6.63. The predicted molar refractivity (Wildman–Crippen MR) is 96.9 cm³/mol. The van der Waals surface area contributed by atoms with E-state index in [-0.39, 0.29) is 11.9 Å². The maximum absolute atomic E-state index is 13.2. The Bertz CT molecular complexity index is 843. The van der Waals surface area contributed by atoms with Crippen LogP contribution in [0.25, 0.3) is 5.69 Å². The van der Waals surface area contributed by atoms with E-state index < -0.39 is 0 Å². The number of likely N-dealkylation sites (tertiary alicyclic amines) is 1. The van der Waals surface area contributed by atoms with Crippen LogP contribution in [0.3, 0.4) is 0 Å². The molecule has 1 aliphatic heterocycles. The molecule has 0 unspecified atom stereocenters. The molecule has 1 aromatic carbocycles. The molecule has 3 heterocycles. The largest absolute Gasteiger partial charge is 0.336 e. The molecule has 4 rings (SSSR count). The Morgan fingerprint density at radius 3 is 2.85 bits per heavy atom. The number of aryl methyl sites for hydroxylation is 1. The summed E-state index contributed by atoms with van der Waals surface area (Å²) >= 11 is 0. The molecule has 7 nitrogen and oxygen atoms in total. The van der Waals surface area contributed by atoms with Crippen LogP contribution in [-0.2, 0) is 6.54 Å². The second-order valence-corrected chi connectivity index (χ2v) is 6.63. The zero-order valence-electron chi connectivity index (χ0n) is 14.6. The Kier molecular flexibility index (Phi) is 4.77. The minimum Gasteiger partial charge on any atom is -0.336 e. The third kappa shape index (κ3) is 3.51. The van der Waals surface area contributed by atoms with Crippen molar-refractivity contribution < 1.29 is 4.79 Å². The van der Waals surface area contributed by atoms with E-state index in [1.165, 1.54) is 6.42 Å². The van der Waals surface area contributed by atoms with E-state index in [1.807, 2.05) is 50.7 Å². The number of rotatable bonds is 5. The average molecular weight is 350 g/mol. The number of carbonyl (C=O) groups excluding carboxylic acids is 1. The van der Waals surface area contributed by atoms with E-state index in [9.17, 15) is 4.79 Å². The van der Waals surface area contributed by atoms with E-state index >= 15 is 0 Å². The monoisotopic (exact) mass is 350 g/mol. The summed E-state index contributed by atoms with van der Waals surface area (Å²) in [7, 11) is 0. The zero-order chi connectivity index (χ0) is 17.8. The van der Waals surface area contributed by atoms with Crippen LogP contribution in [0.5, 0.6) is 0 Å².